The Balaban J connectivity index is 2.45. The molecule has 0 aliphatic carbocycles. The predicted octanol–water partition coefficient (Wildman–Crippen LogP) is 0.815. The van der Waals surface area contributed by atoms with Crippen LogP contribution < -0.4 is 11.1 Å². The molecule has 72 valence electrons. The van der Waals surface area contributed by atoms with Gasteiger partial charge in [0, 0.05) is 18.7 Å². The lowest BCUT2D eigenvalue weighted by molar-refractivity contribution is 0.426. The lowest BCUT2D eigenvalue weighted by Gasteiger charge is -2.24. The lowest BCUT2D eigenvalue weighted by Crippen LogP contribution is -2.29. The van der Waals surface area contributed by atoms with E-state index in [1.54, 1.807) is 0 Å². The van der Waals surface area contributed by atoms with Crippen molar-refractivity contribution < 1.29 is 0 Å². The minimum Gasteiger partial charge on any atom is -0.370 e. The van der Waals surface area contributed by atoms with Gasteiger partial charge < -0.3 is 11.1 Å². The van der Waals surface area contributed by atoms with Gasteiger partial charge in [0.15, 0.2) is 0 Å². The van der Waals surface area contributed by atoms with Crippen LogP contribution in [0.2, 0.25) is 0 Å². The van der Waals surface area contributed by atoms with Gasteiger partial charge in [-0.1, -0.05) is 0 Å². The summed E-state index contributed by atoms with van der Waals surface area (Å²) in [6.45, 7) is 5.82. The summed E-state index contributed by atoms with van der Waals surface area (Å²) >= 11 is 0. The summed E-state index contributed by atoms with van der Waals surface area (Å²) in [6, 6.07) is 0.378. The number of nitrogens with two attached hydrogens (primary N) is 1. The molecule has 13 heavy (non-hydrogen) atoms. The molecule has 4 nitrogen and oxygen atoms in total. The fourth-order valence-corrected chi connectivity index (χ4v) is 1.80. The van der Waals surface area contributed by atoms with E-state index in [1.165, 1.54) is 5.56 Å². The molecule has 1 aliphatic heterocycles. The normalized spacial score (nSPS) is 21.0. The summed E-state index contributed by atoms with van der Waals surface area (Å²) < 4.78 is 2.04. The van der Waals surface area contributed by atoms with Crippen LogP contribution in [0.25, 0.3) is 0 Å². The van der Waals surface area contributed by atoms with Crippen molar-refractivity contribution in [1.82, 2.24) is 9.78 Å². The van der Waals surface area contributed by atoms with Crippen LogP contribution in [0.3, 0.4) is 0 Å². The number of aryl methyl sites for hydroxylation is 1. The summed E-state index contributed by atoms with van der Waals surface area (Å²) in [4.78, 5) is 0. The predicted molar refractivity (Wildman–Crippen MR) is 52.9 cm³/mol. The number of rotatable bonds is 1. The number of nitrogens with zero attached hydrogens (tertiary/aromatic N) is 2. The zero-order valence-electron chi connectivity index (χ0n) is 8.17. The van der Waals surface area contributed by atoms with Crippen molar-refractivity contribution >= 4 is 5.82 Å². The van der Waals surface area contributed by atoms with Gasteiger partial charge in [0.05, 0.1) is 11.7 Å². The van der Waals surface area contributed by atoms with E-state index in [2.05, 4.69) is 17.3 Å². The van der Waals surface area contributed by atoms with Crippen LogP contribution in [-0.2, 0) is 0 Å². The summed E-state index contributed by atoms with van der Waals surface area (Å²) in [5, 5.41) is 7.84. The molecule has 3 N–H and O–H groups in total. The van der Waals surface area contributed by atoms with Crippen LogP contribution in [0.15, 0.2) is 0 Å². The minimum atomic E-state index is 0.378. The maximum absolute atomic E-state index is 5.69. The van der Waals surface area contributed by atoms with Crippen LogP contribution in [0.5, 0.6) is 0 Å². The van der Waals surface area contributed by atoms with Gasteiger partial charge in [-0.3, -0.25) is 0 Å². The third-order valence-electron chi connectivity index (χ3n) is 2.77. The molecular formula is C9H16N4. The van der Waals surface area contributed by atoms with Gasteiger partial charge in [0.1, 0.15) is 5.82 Å². The molecule has 1 aliphatic rings. The lowest BCUT2D eigenvalue weighted by atomic mass is 10.1. The Labute approximate surface area is 78.1 Å². The first-order chi connectivity index (χ1) is 6.24. The highest BCUT2D eigenvalue weighted by molar-refractivity contribution is 5.48. The molecule has 0 bridgehead atoms. The standard InChI is InChI=1S/C9H16N4/c1-6-7(2)12-13-8(5-10)3-4-11-9(6)13/h8,11H,3-5,10H2,1-2H3. The molecule has 1 aromatic rings. The van der Waals surface area contributed by atoms with Crippen molar-refractivity contribution in [3.05, 3.63) is 11.3 Å². The Hall–Kier alpha value is -1.03. The monoisotopic (exact) mass is 180 g/mol. The molecule has 0 amide bonds. The molecule has 0 saturated heterocycles. The maximum atomic E-state index is 5.69. The Morgan fingerprint density at radius 1 is 1.62 bits per heavy atom. The van der Waals surface area contributed by atoms with E-state index in [-0.39, 0.29) is 0 Å². The topological polar surface area (TPSA) is 55.9 Å². The van der Waals surface area contributed by atoms with Crippen molar-refractivity contribution in [3.8, 4) is 0 Å². The third-order valence-corrected chi connectivity index (χ3v) is 2.77. The molecule has 0 saturated carbocycles. The van der Waals surface area contributed by atoms with E-state index in [0.29, 0.717) is 12.6 Å². The van der Waals surface area contributed by atoms with Crippen LogP contribution in [-0.4, -0.2) is 22.9 Å². The van der Waals surface area contributed by atoms with Crippen molar-refractivity contribution in [2.75, 3.05) is 18.4 Å². The van der Waals surface area contributed by atoms with E-state index in [9.17, 15) is 0 Å². The smallest absolute Gasteiger partial charge is 0.127 e. The van der Waals surface area contributed by atoms with Crippen molar-refractivity contribution in [2.24, 2.45) is 5.73 Å². The number of nitrogens with one attached hydrogen (secondary N) is 1. The highest BCUT2D eigenvalue weighted by Gasteiger charge is 2.21. The number of anilines is 1. The first-order valence-electron chi connectivity index (χ1n) is 4.73. The van der Waals surface area contributed by atoms with Gasteiger partial charge in [-0.05, 0) is 20.3 Å². The largest absolute Gasteiger partial charge is 0.370 e. The number of hydrogen-bond donors (Lipinski definition) is 2. The van der Waals surface area contributed by atoms with Gasteiger partial charge in [-0.15, -0.1) is 0 Å². The maximum Gasteiger partial charge on any atom is 0.127 e. The molecule has 2 heterocycles. The molecule has 0 fully saturated rings. The summed E-state index contributed by atoms with van der Waals surface area (Å²) in [5.74, 6) is 1.15. The van der Waals surface area contributed by atoms with Gasteiger partial charge >= 0.3 is 0 Å². The molecular weight excluding hydrogens is 164 g/mol. The molecule has 1 atom stereocenters. The third kappa shape index (κ3) is 1.21. The number of aromatic nitrogens is 2. The zero-order chi connectivity index (χ0) is 9.42. The second kappa shape index (κ2) is 3.03. The summed E-state index contributed by atoms with van der Waals surface area (Å²) in [6.07, 6.45) is 1.07. The zero-order valence-corrected chi connectivity index (χ0v) is 8.17. The Kier molecular flexibility index (Phi) is 2.00. The Morgan fingerprint density at radius 3 is 3.08 bits per heavy atom. The minimum absolute atomic E-state index is 0.378. The van der Waals surface area contributed by atoms with Crippen LogP contribution in [0.4, 0.5) is 5.82 Å². The van der Waals surface area contributed by atoms with Crippen molar-refractivity contribution in [1.29, 1.82) is 0 Å². The molecule has 2 rings (SSSR count). The van der Waals surface area contributed by atoms with E-state index < -0.39 is 0 Å². The molecule has 1 aromatic heterocycles. The Morgan fingerprint density at radius 2 is 2.38 bits per heavy atom. The van der Waals surface area contributed by atoms with Gasteiger partial charge in [0.2, 0.25) is 0 Å². The molecule has 0 spiro atoms. The molecule has 4 heteroatoms. The number of hydrogen-bond acceptors (Lipinski definition) is 3. The highest BCUT2D eigenvalue weighted by atomic mass is 15.4. The summed E-state index contributed by atoms with van der Waals surface area (Å²) in [5.41, 5.74) is 8.04. The fraction of sp³-hybridized carbons (Fsp3) is 0.667. The average molecular weight is 180 g/mol. The second-order valence-corrected chi connectivity index (χ2v) is 3.61. The van der Waals surface area contributed by atoms with Crippen molar-refractivity contribution in [2.45, 2.75) is 26.3 Å². The van der Waals surface area contributed by atoms with Crippen molar-refractivity contribution in [3.63, 3.8) is 0 Å². The quantitative estimate of drug-likeness (QED) is 0.672. The van der Waals surface area contributed by atoms with E-state index in [4.69, 9.17) is 5.73 Å². The SMILES string of the molecule is Cc1nn2c(c1C)NCCC2CN. The average Bonchev–Trinajstić information content (AvgIpc) is 2.43. The van der Waals surface area contributed by atoms with Gasteiger partial charge in [-0.25, -0.2) is 4.68 Å². The van der Waals surface area contributed by atoms with Crippen LogP contribution in [0, 0.1) is 13.8 Å². The molecule has 0 aromatic carbocycles. The van der Waals surface area contributed by atoms with E-state index in [1.807, 2.05) is 11.6 Å². The number of fused-ring (bicyclic) bond motifs is 1. The molecule has 0 radical (unpaired) electrons. The van der Waals surface area contributed by atoms with Crippen LogP contribution in [0.1, 0.15) is 23.7 Å². The summed E-state index contributed by atoms with van der Waals surface area (Å²) in [7, 11) is 0. The highest BCUT2D eigenvalue weighted by Crippen LogP contribution is 2.27. The van der Waals surface area contributed by atoms with Crippen LogP contribution >= 0.6 is 0 Å². The van der Waals surface area contributed by atoms with Gasteiger partial charge in [0.25, 0.3) is 0 Å². The first-order valence-corrected chi connectivity index (χ1v) is 4.73. The second-order valence-electron chi connectivity index (χ2n) is 3.61. The van der Waals surface area contributed by atoms with E-state index >= 15 is 0 Å². The molecule has 1 unspecified atom stereocenters. The fourth-order valence-electron chi connectivity index (χ4n) is 1.80. The van der Waals surface area contributed by atoms with E-state index in [0.717, 1.165) is 24.5 Å². The first kappa shape index (κ1) is 8.56. The van der Waals surface area contributed by atoms with Gasteiger partial charge in [-0.2, -0.15) is 5.10 Å². The Bertz CT molecular complexity index is 316.